The van der Waals surface area contributed by atoms with Crippen molar-refractivity contribution in [2.75, 3.05) is 27.2 Å². The maximum Gasteiger partial charge on any atom is 0.194 e. The average Bonchev–Trinajstić information content (AvgIpc) is 2.99. The molecule has 1 aromatic carbocycles. The number of guanidine groups is 1. The van der Waals surface area contributed by atoms with Crippen molar-refractivity contribution in [3.8, 4) is 0 Å². The van der Waals surface area contributed by atoms with Crippen LogP contribution in [-0.2, 0) is 11.3 Å². The van der Waals surface area contributed by atoms with Crippen LogP contribution in [0.1, 0.15) is 29.3 Å². The van der Waals surface area contributed by atoms with Crippen molar-refractivity contribution in [1.29, 1.82) is 0 Å². The lowest BCUT2D eigenvalue weighted by Crippen LogP contribution is -2.38. The molecule has 8 heteroatoms. The van der Waals surface area contributed by atoms with Crippen LogP contribution in [0.4, 0.5) is 0 Å². The minimum Gasteiger partial charge on any atom is -0.375 e. The number of aryl methyl sites for hydroxylation is 1. The SMILES string of the molecule is CCNC(=NCC(OC)c1cccc(Cl)c1)N(C)Cc1csc(C)n1.I. The minimum absolute atomic E-state index is 0. The highest BCUT2D eigenvalue weighted by Gasteiger charge is 2.13. The molecule has 0 radical (unpaired) electrons. The van der Waals surface area contributed by atoms with Crippen molar-refractivity contribution in [2.45, 2.75) is 26.5 Å². The summed E-state index contributed by atoms with van der Waals surface area (Å²) in [7, 11) is 3.70. The van der Waals surface area contributed by atoms with Gasteiger partial charge in [0, 0.05) is 31.1 Å². The van der Waals surface area contributed by atoms with E-state index >= 15 is 0 Å². The van der Waals surface area contributed by atoms with Gasteiger partial charge in [0.1, 0.15) is 6.10 Å². The van der Waals surface area contributed by atoms with Gasteiger partial charge in [-0.25, -0.2) is 4.98 Å². The number of aliphatic imine (C=N–C) groups is 1. The first kappa shape index (κ1) is 23.1. The Morgan fingerprint density at radius 3 is 2.81 bits per heavy atom. The van der Waals surface area contributed by atoms with Gasteiger partial charge in [-0.15, -0.1) is 35.3 Å². The van der Waals surface area contributed by atoms with E-state index in [1.807, 2.05) is 38.2 Å². The predicted molar refractivity (Wildman–Crippen MR) is 121 cm³/mol. The Morgan fingerprint density at radius 1 is 1.46 bits per heavy atom. The zero-order valence-corrected chi connectivity index (χ0v) is 19.4. The number of aromatic nitrogens is 1. The van der Waals surface area contributed by atoms with Gasteiger partial charge in [-0.1, -0.05) is 23.7 Å². The summed E-state index contributed by atoms with van der Waals surface area (Å²) in [6.07, 6.45) is -0.137. The summed E-state index contributed by atoms with van der Waals surface area (Å²) in [5, 5.41) is 7.18. The van der Waals surface area contributed by atoms with Crippen molar-refractivity contribution >= 4 is 52.9 Å². The van der Waals surface area contributed by atoms with E-state index in [1.54, 1.807) is 18.4 Å². The molecular formula is C18H26ClIN4OS. The normalized spacial score (nSPS) is 12.4. The molecule has 144 valence electrons. The Morgan fingerprint density at radius 2 is 2.23 bits per heavy atom. The number of rotatable bonds is 7. The number of benzene rings is 1. The van der Waals surface area contributed by atoms with Gasteiger partial charge in [-0.2, -0.15) is 0 Å². The Labute approximate surface area is 181 Å². The number of halogens is 2. The van der Waals surface area contributed by atoms with Crippen LogP contribution >= 0.6 is 46.9 Å². The van der Waals surface area contributed by atoms with Crippen LogP contribution in [0.15, 0.2) is 34.6 Å². The molecule has 0 spiro atoms. The molecule has 5 nitrogen and oxygen atoms in total. The summed E-state index contributed by atoms with van der Waals surface area (Å²) in [5.41, 5.74) is 2.07. The zero-order valence-electron chi connectivity index (χ0n) is 15.5. The number of nitrogens with zero attached hydrogens (tertiary/aromatic N) is 3. The lowest BCUT2D eigenvalue weighted by Gasteiger charge is -2.22. The smallest absolute Gasteiger partial charge is 0.194 e. The number of thiazole rings is 1. The molecule has 0 aliphatic carbocycles. The maximum atomic E-state index is 6.08. The highest BCUT2D eigenvalue weighted by Crippen LogP contribution is 2.21. The van der Waals surface area contributed by atoms with Crippen LogP contribution in [-0.4, -0.2) is 43.1 Å². The van der Waals surface area contributed by atoms with E-state index in [1.165, 1.54) is 0 Å². The maximum absolute atomic E-state index is 6.08. The molecule has 2 rings (SSSR count). The van der Waals surface area contributed by atoms with Gasteiger partial charge in [0.15, 0.2) is 5.96 Å². The minimum atomic E-state index is -0.137. The van der Waals surface area contributed by atoms with Crippen LogP contribution in [0.2, 0.25) is 5.02 Å². The molecule has 1 unspecified atom stereocenters. The summed E-state index contributed by atoms with van der Waals surface area (Å²) >= 11 is 7.74. The van der Waals surface area contributed by atoms with Crippen molar-refractivity contribution in [3.63, 3.8) is 0 Å². The third kappa shape index (κ3) is 7.02. The van der Waals surface area contributed by atoms with Crippen molar-refractivity contribution in [2.24, 2.45) is 4.99 Å². The third-order valence-electron chi connectivity index (χ3n) is 3.67. The summed E-state index contributed by atoms with van der Waals surface area (Å²) in [6.45, 7) is 6.10. The van der Waals surface area contributed by atoms with E-state index in [4.69, 9.17) is 21.3 Å². The molecule has 0 bridgehead atoms. The first-order chi connectivity index (χ1) is 12.0. The summed E-state index contributed by atoms with van der Waals surface area (Å²) in [6, 6.07) is 7.70. The molecule has 0 amide bonds. The standard InChI is InChI=1S/C18H25ClN4OS.HI/c1-5-20-18(23(3)11-16-12-25-13(2)22-16)21-10-17(24-4)14-7-6-8-15(19)9-14;/h6-9,12,17H,5,10-11H2,1-4H3,(H,20,21);1H. The number of methoxy groups -OCH3 is 1. The van der Waals surface area contributed by atoms with E-state index in [-0.39, 0.29) is 30.1 Å². The van der Waals surface area contributed by atoms with Crippen molar-refractivity contribution < 1.29 is 4.74 Å². The first-order valence-electron chi connectivity index (χ1n) is 8.22. The molecule has 0 aliphatic rings. The molecule has 0 saturated heterocycles. The number of hydrogen-bond acceptors (Lipinski definition) is 4. The van der Waals surface area contributed by atoms with Gasteiger partial charge < -0.3 is 15.0 Å². The van der Waals surface area contributed by atoms with Gasteiger partial charge in [0.25, 0.3) is 0 Å². The molecule has 2 aromatic rings. The molecule has 1 atom stereocenters. The van der Waals surface area contributed by atoms with Crippen LogP contribution in [0, 0.1) is 6.92 Å². The second-order valence-electron chi connectivity index (χ2n) is 5.69. The van der Waals surface area contributed by atoms with Gasteiger partial charge in [0.05, 0.1) is 23.8 Å². The Hall–Kier alpha value is -0.900. The van der Waals surface area contributed by atoms with Crippen LogP contribution in [0.3, 0.4) is 0 Å². The molecule has 1 heterocycles. The molecule has 1 aromatic heterocycles. The van der Waals surface area contributed by atoms with E-state index in [0.717, 1.165) is 28.8 Å². The number of ether oxygens (including phenoxy) is 1. The zero-order chi connectivity index (χ0) is 18.2. The molecule has 26 heavy (non-hydrogen) atoms. The molecule has 0 saturated carbocycles. The highest BCUT2D eigenvalue weighted by atomic mass is 127. The largest absolute Gasteiger partial charge is 0.375 e. The van der Waals surface area contributed by atoms with Crippen molar-refractivity contribution in [3.05, 3.63) is 50.9 Å². The van der Waals surface area contributed by atoms with Gasteiger partial charge in [-0.3, -0.25) is 4.99 Å². The summed E-state index contributed by atoms with van der Waals surface area (Å²) < 4.78 is 5.60. The number of hydrogen-bond donors (Lipinski definition) is 1. The highest BCUT2D eigenvalue weighted by molar-refractivity contribution is 14.0. The molecule has 0 aliphatic heterocycles. The third-order valence-corrected chi connectivity index (χ3v) is 4.73. The summed E-state index contributed by atoms with van der Waals surface area (Å²) in [5.74, 6) is 0.831. The first-order valence-corrected chi connectivity index (χ1v) is 9.48. The molecule has 0 fully saturated rings. The number of nitrogens with one attached hydrogen (secondary N) is 1. The lowest BCUT2D eigenvalue weighted by atomic mass is 10.1. The topological polar surface area (TPSA) is 49.8 Å². The van der Waals surface area contributed by atoms with Gasteiger partial charge in [0.2, 0.25) is 0 Å². The Bertz CT molecular complexity index is 710. The van der Waals surface area contributed by atoms with Crippen LogP contribution in [0.5, 0.6) is 0 Å². The predicted octanol–water partition coefficient (Wildman–Crippen LogP) is 4.51. The van der Waals surface area contributed by atoms with E-state index < -0.39 is 0 Å². The monoisotopic (exact) mass is 508 g/mol. The molecular weight excluding hydrogens is 483 g/mol. The van der Waals surface area contributed by atoms with E-state index in [2.05, 4.69) is 27.5 Å². The van der Waals surface area contributed by atoms with Gasteiger partial charge >= 0.3 is 0 Å². The average molecular weight is 509 g/mol. The van der Waals surface area contributed by atoms with E-state index in [9.17, 15) is 0 Å². The van der Waals surface area contributed by atoms with Crippen LogP contribution < -0.4 is 5.32 Å². The second-order valence-corrected chi connectivity index (χ2v) is 7.19. The lowest BCUT2D eigenvalue weighted by molar-refractivity contribution is 0.110. The molecule has 1 N–H and O–H groups in total. The second kappa shape index (κ2) is 11.7. The fourth-order valence-electron chi connectivity index (χ4n) is 2.46. The van der Waals surface area contributed by atoms with E-state index in [0.29, 0.717) is 18.1 Å². The fraction of sp³-hybridized carbons (Fsp3) is 0.444. The quantitative estimate of drug-likeness (QED) is 0.340. The van der Waals surface area contributed by atoms with Crippen molar-refractivity contribution in [1.82, 2.24) is 15.2 Å². The Balaban J connectivity index is 0.00000338. The Kier molecular flexibility index (Phi) is 10.4. The fourth-order valence-corrected chi connectivity index (χ4v) is 3.26. The van der Waals surface area contributed by atoms with Gasteiger partial charge in [-0.05, 0) is 31.5 Å². The van der Waals surface area contributed by atoms with Crippen LogP contribution in [0.25, 0.3) is 0 Å². The summed E-state index contributed by atoms with van der Waals surface area (Å²) in [4.78, 5) is 11.3.